The fraction of sp³-hybridized carbons (Fsp3) is 0.308. The summed E-state index contributed by atoms with van der Waals surface area (Å²) in [6, 6.07) is 32.9. The van der Waals surface area contributed by atoms with Gasteiger partial charge in [-0.3, -0.25) is 0 Å². The zero-order valence-electron chi connectivity index (χ0n) is 17.7. The summed E-state index contributed by atoms with van der Waals surface area (Å²) in [5.41, 5.74) is 0.341. The summed E-state index contributed by atoms with van der Waals surface area (Å²) >= 11 is 4.56. The van der Waals surface area contributed by atoms with Crippen LogP contribution in [0.2, 0.25) is 0 Å². The number of rotatable bonds is 7. The van der Waals surface area contributed by atoms with Gasteiger partial charge in [-0.1, -0.05) is 0 Å². The van der Waals surface area contributed by atoms with Crippen LogP contribution >= 0.6 is 20.8 Å². The molecule has 0 bridgehead atoms. The Balaban J connectivity index is 1.91. The second-order valence-electron chi connectivity index (χ2n) is 8.30. The zero-order valence-corrected chi connectivity index (χ0v) is 20.2. The minimum atomic E-state index is -2.95. The number of hydrogen-bond donors (Lipinski definition) is 0. The molecule has 0 N–H and O–H groups in total. The molecule has 158 valence electrons. The Morgan fingerprint density at radius 1 is 0.767 bits per heavy atom. The Morgan fingerprint density at radius 2 is 1.13 bits per heavy atom. The molecule has 0 aliphatic carbocycles. The summed E-state index contributed by atoms with van der Waals surface area (Å²) in [5, 5.41) is 1.11. The van der Waals surface area contributed by atoms with Crippen LogP contribution in [0.1, 0.15) is 26.7 Å². The molecule has 2 nitrogen and oxygen atoms in total. The molecule has 3 aromatic rings. The third-order valence-corrected chi connectivity index (χ3v) is 18.1. The molecule has 1 fully saturated rings. The fourth-order valence-corrected chi connectivity index (χ4v) is 12.8. The van der Waals surface area contributed by atoms with E-state index in [2.05, 4.69) is 120 Å². The van der Waals surface area contributed by atoms with Gasteiger partial charge in [0.25, 0.3) is 0 Å². The van der Waals surface area contributed by atoms with E-state index in [1.807, 2.05) is 0 Å². The molecule has 0 amide bonds. The Labute approximate surface area is 188 Å². The van der Waals surface area contributed by atoms with E-state index < -0.39 is 11.1 Å². The first-order valence-corrected chi connectivity index (χ1v) is 15.0. The molecule has 4 heteroatoms. The van der Waals surface area contributed by atoms with Crippen molar-refractivity contribution in [2.45, 2.75) is 38.1 Å². The normalized spacial score (nSPS) is 18.4. The van der Waals surface area contributed by atoms with Crippen molar-refractivity contribution in [3.8, 4) is 0 Å². The Morgan fingerprint density at radius 3 is 1.50 bits per heavy atom. The third-order valence-electron chi connectivity index (χ3n) is 6.53. The quantitative estimate of drug-likeness (QED) is 0.397. The van der Waals surface area contributed by atoms with Crippen LogP contribution in [0.15, 0.2) is 91.0 Å². The standard InChI is InChI=1S/C26H30BrO2P/c1-22(18-19-26(2)28-20-21-29-26)30(27,23-12-6-3-7-13-23,24-14-8-4-9-15-24)25-16-10-5-11-17-25/h3-17,22H,18-21H2,1-2H3. The van der Waals surface area contributed by atoms with Gasteiger partial charge in [-0.05, 0) is 0 Å². The van der Waals surface area contributed by atoms with Crippen molar-refractivity contribution in [3.05, 3.63) is 91.0 Å². The van der Waals surface area contributed by atoms with E-state index in [1.165, 1.54) is 15.9 Å². The van der Waals surface area contributed by atoms with Gasteiger partial charge in [-0.25, -0.2) is 0 Å². The first-order chi connectivity index (χ1) is 14.5. The molecule has 4 rings (SSSR count). The SMILES string of the molecule is CC(CCC1(C)OCCO1)P(Br)(c1ccccc1)(c1ccccc1)c1ccccc1. The van der Waals surface area contributed by atoms with Crippen LogP contribution < -0.4 is 15.9 Å². The van der Waals surface area contributed by atoms with Crippen molar-refractivity contribution in [2.24, 2.45) is 0 Å². The van der Waals surface area contributed by atoms with Gasteiger partial charge in [0.05, 0.1) is 0 Å². The maximum absolute atomic E-state index is 5.93. The van der Waals surface area contributed by atoms with E-state index in [-0.39, 0.29) is 0 Å². The van der Waals surface area contributed by atoms with Gasteiger partial charge in [-0.2, -0.15) is 0 Å². The fourth-order valence-electron chi connectivity index (χ4n) is 4.78. The molecule has 1 saturated heterocycles. The zero-order chi connectivity index (χ0) is 21.1. The molecule has 0 saturated carbocycles. The predicted octanol–water partition coefficient (Wildman–Crippen LogP) is 5.76. The van der Waals surface area contributed by atoms with E-state index in [0.717, 1.165) is 12.8 Å². The topological polar surface area (TPSA) is 18.5 Å². The van der Waals surface area contributed by atoms with Gasteiger partial charge >= 0.3 is 189 Å². The number of hydrogen-bond acceptors (Lipinski definition) is 2. The summed E-state index contributed by atoms with van der Waals surface area (Å²) in [5.74, 6) is -0.486. The van der Waals surface area contributed by atoms with E-state index in [9.17, 15) is 0 Å². The van der Waals surface area contributed by atoms with Crippen LogP contribution in [0, 0.1) is 0 Å². The molecule has 1 aliphatic heterocycles. The van der Waals surface area contributed by atoms with Gasteiger partial charge in [0, 0.05) is 0 Å². The van der Waals surface area contributed by atoms with Gasteiger partial charge in [0.1, 0.15) is 0 Å². The van der Waals surface area contributed by atoms with E-state index >= 15 is 0 Å². The van der Waals surface area contributed by atoms with Crippen molar-refractivity contribution in [1.29, 1.82) is 0 Å². The average molecular weight is 485 g/mol. The second kappa shape index (κ2) is 8.55. The first-order valence-electron chi connectivity index (χ1n) is 10.7. The molecule has 1 atom stereocenters. The van der Waals surface area contributed by atoms with Gasteiger partial charge < -0.3 is 0 Å². The van der Waals surface area contributed by atoms with Crippen LogP contribution in [0.25, 0.3) is 0 Å². The molecule has 1 heterocycles. The van der Waals surface area contributed by atoms with Crippen LogP contribution in [0.4, 0.5) is 0 Å². The molecule has 3 aromatic carbocycles. The Kier molecular flexibility index (Phi) is 6.19. The molecule has 1 unspecified atom stereocenters. The third kappa shape index (κ3) is 3.56. The van der Waals surface area contributed by atoms with Crippen molar-refractivity contribution in [1.82, 2.24) is 0 Å². The van der Waals surface area contributed by atoms with Crippen molar-refractivity contribution < 1.29 is 9.47 Å². The second-order valence-corrected chi connectivity index (χ2v) is 17.3. The number of benzene rings is 3. The molecular weight excluding hydrogens is 455 g/mol. The molecule has 0 spiro atoms. The average Bonchev–Trinajstić information content (AvgIpc) is 3.25. The summed E-state index contributed by atoms with van der Waals surface area (Å²) < 4.78 is 11.9. The van der Waals surface area contributed by atoms with Crippen molar-refractivity contribution in [3.63, 3.8) is 0 Å². The summed E-state index contributed by atoms with van der Waals surface area (Å²) in [4.78, 5) is 0. The number of ether oxygens (including phenoxy) is 2. The Hall–Kier alpha value is -1.51. The summed E-state index contributed by atoms with van der Waals surface area (Å²) in [6.45, 7) is 5.82. The van der Waals surface area contributed by atoms with Crippen LogP contribution in [-0.4, -0.2) is 24.7 Å². The molecule has 30 heavy (non-hydrogen) atoms. The first kappa shape index (κ1) is 21.7. The Bertz CT molecular complexity index is 857. The van der Waals surface area contributed by atoms with E-state index in [4.69, 9.17) is 9.47 Å². The maximum atomic E-state index is 5.93. The van der Waals surface area contributed by atoms with Crippen LogP contribution in [0.5, 0.6) is 0 Å². The van der Waals surface area contributed by atoms with Gasteiger partial charge in [-0.15, -0.1) is 0 Å². The van der Waals surface area contributed by atoms with Crippen LogP contribution in [0.3, 0.4) is 0 Å². The molecule has 1 aliphatic rings. The number of halogens is 1. The van der Waals surface area contributed by atoms with E-state index in [0.29, 0.717) is 18.9 Å². The van der Waals surface area contributed by atoms with Gasteiger partial charge in [0.2, 0.25) is 0 Å². The molecule has 0 aromatic heterocycles. The van der Waals surface area contributed by atoms with Crippen LogP contribution in [-0.2, 0) is 9.47 Å². The summed E-state index contributed by atoms with van der Waals surface area (Å²) in [6.07, 6.45) is 1.85. The molecule has 0 radical (unpaired) electrons. The van der Waals surface area contributed by atoms with Crippen molar-refractivity contribution >= 4 is 36.7 Å². The molecular formula is C26H30BrO2P. The monoisotopic (exact) mass is 484 g/mol. The minimum absolute atomic E-state index is 0.341. The van der Waals surface area contributed by atoms with Crippen molar-refractivity contribution in [2.75, 3.05) is 13.2 Å². The summed E-state index contributed by atoms with van der Waals surface area (Å²) in [7, 11) is 0. The van der Waals surface area contributed by atoms with Gasteiger partial charge in [0.15, 0.2) is 0 Å². The van der Waals surface area contributed by atoms with E-state index in [1.54, 1.807) is 0 Å². The predicted molar refractivity (Wildman–Crippen MR) is 133 cm³/mol.